The number of benzene rings is 1. The second-order valence-electron chi connectivity index (χ2n) is 4.91. The fourth-order valence-corrected chi connectivity index (χ4v) is 2.18. The van der Waals surface area contributed by atoms with Crippen molar-refractivity contribution in [1.82, 2.24) is 15.3 Å². The minimum absolute atomic E-state index is 0.718. The van der Waals surface area contributed by atoms with Crippen LogP contribution in [0, 0.1) is 20.8 Å². The largest absolute Gasteiger partial charge is 0.310 e. The molecule has 0 saturated heterocycles. The average Bonchev–Trinajstić information content (AvgIpc) is 2.35. The van der Waals surface area contributed by atoms with Gasteiger partial charge in [0.2, 0.25) is 0 Å². The Morgan fingerprint density at radius 3 is 2.53 bits per heavy atom. The van der Waals surface area contributed by atoms with Crippen LogP contribution in [0.5, 0.6) is 0 Å². The highest BCUT2D eigenvalue weighted by molar-refractivity contribution is 5.64. The molecule has 0 aliphatic rings. The molecule has 0 saturated carbocycles. The van der Waals surface area contributed by atoms with Gasteiger partial charge < -0.3 is 5.32 Å². The fraction of sp³-hybridized carbons (Fsp3) is 0.375. The maximum Gasteiger partial charge on any atom is 0.143 e. The third-order valence-electron chi connectivity index (χ3n) is 3.09. The minimum Gasteiger partial charge on any atom is -0.310 e. The molecule has 0 fully saturated rings. The lowest BCUT2D eigenvalue weighted by Crippen LogP contribution is -2.15. The maximum atomic E-state index is 4.66. The van der Waals surface area contributed by atoms with Crippen molar-refractivity contribution < 1.29 is 0 Å². The van der Waals surface area contributed by atoms with Crippen LogP contribution in [-0.2, 0) is 6.54 Å². The summed E-state index contributed by atoms with van der Waals surface area (Å²) >= 11 is 0. The molecule has 0 spiro atoms. The molecule has 0 atom stereocenters. The fourth-order valence-electron chi connectivity index (χ4n) is 2.18. The lowest BCUT2D eigenvalue weighted by atomic mass is 10.0. The van der Waals surface area contributed by atoms with Crippen molar-refractivity contribution in [2.75, 3.05) is 6.54 Å². The van der Waals surface area contributed by atoms with Crippen LogP contribution in [0.1, 0.15) is 29.6 Å². The van der Waals surface area contributed by atoms with Gasteiger partial charge in [-0.2, -0.15) is 0 Å². The molecule has 2 aromatic rings. The number of aromatic nitrogens is 2. The second kappa shape index (κ2) is 5.93. The van der Waals surface area contributed by atoms with Gasteiger partial charge in [-0.15, -0.1) is 0 Å². The third-order valence-corrected chi connectivity index (χ3v) is 3.09. The molecular formula is C16H21N3. The normalized spacial score (nSPS) is 10.7. The monoisotopic (exact) mass is 255 g/mol. The molecule has 3 nitrogen and oxygen atoms in total. The van der Waals surface area contributed by atoms with E-state index < -0.39 is 0 Å². The Kier molecular flexibility index (Phi) is 4.27. The number of aryl methyl sites for hydroxylation is 3. The van der Waals surface area contributed by atoms with Gasteiger partial charge >= 0.3 is 0 Å². The van der Waals surface area contributed by atoms with Crippen LogP contribution in [0.3, 0.4) is 0 Å². The average molecular weight is 255 g/mol. The van der Waals surface area contributed by atoms with E-state index in [1.54, 1.807) is 0 Å². The molecule has 1 N–H and O–H groups in total. The molecule has 1 aromatic carbocycles. The van der Waals surface area contributed by atoms with Crippen molar-refractivity contribution >= 4 is 0 Å². The van der Waals surface area contributed by atoms with Crippen LogP contribution in [0.15, 0.2) is 24.3 Å². The molecule has 1 heterocycles. The van der Waals surface area contributed by atoms with Crippen LogP contribution in [0.2, 0.25) is 0 Å². The summed E-state index contributed by atoms with van der Waals surface area (Å²) in [7, 11) is 0. The van der Waals surface area contributed by atoms with Gasteiger partial charge in [0.05, 0.1) is 12.2 Å². The zero-order valence-electron chi connectivity index (χ0n) is 12.1. The van der Waals surface area contributed by atoms with E-state index in [0.717, 1.165) is 30.3 Å². The number of nitrogens with one attached hydrogen (secondary N) is 1. The topological polar surface area (TPSA) is 37.8 Å². The highest BCUT2D eigenvalue weighted by Crippen LogP contribution is 2.23. The van der Waals surface area contributed by atoms with E-state index in [-0.39, 0.29) is 0 Å². The summed E-state index contributed by atoms with van der Waals surface area (Å²) in [6.07, 6.45) is 0. The lowest BCUT2D eigenvalue weighted by molar-refractivity contribution is 0.688. The second-order valence-corrected chi connectivity index (χ2v) is 4.91. The lowest BCUT2D eigenvalue weighted by Gasteiger charge is -2.09. The predicted molar refractivity (Wildman–Crippen MR) is 79.1 cm³/mol. The first-order valence-corrected chi connectivity index (χ1v) is 6.73. The van der Waals surface area contributed by atoms with E-state index in [2.05, 4.69) is 54.3 Å². The standard InChI is InChI=1S/C16H21N3/c1-5-17-10-16-18-13(4)9-15(19-16)14-7-6-11(2)8-12(14)3/h6-9,17H,5,10H2,1-4H3. The van der Waals surface area contributed by atoms with E-state index in [0.29, 0.717) is 0 Å². The molecule has 2 rings (SSSR count). The molecule has 0 amide bonds. The number of hydrogen-bond acceptors (Lipinski definition) is 3. The Labute approximate surface area is 115 Å². The SMILES string of the molecule is CCNCc1nc(C)cc(-c2ccc(C)cc2C)n1. The summed E-state index contributed by atoms with van der Waals surface area (Å²) in [5, 5.41) is 3.27. The van der Waals surface area contributed by atoms with Gasteiger partial charge in [0.25, 0.3) is 0 Å². The van der Waals surface area contributed by atoms with Crippen molar-refractivity contribution in [3.63, 3.8) is 0 Å². The molecule has 1 aromatic heterocycles. The van der Waals surface area contributed by atoms with Gasteiger partial charge in [-0.25, -0.2) is 9.97 Å². The van der Waals surface area contributed by atoms with Crippen LogP contribution >= 0.6 is 0 Å². The summed E-state index contributed by atoms with van der Waals surface area (Å²) in [6, 6.07) is 8.51. The summed E-state index contributed by atoms with van der Waals surface area (Å²) in [6.45, 7) is 9.99. The maximum absolute atomic E-state index is 4.66. The molecule has 0 bridgehead atoms. The Morgan fingerprint density at radius 2 is 1.84 bits per heavy atom. The zero-order valence-corrected chi connectivity index (χ0v) is 12.1. The van der Waals surface area contributed by atoms with Crippen LogP contribution in [0.25, 0.3) is 11.3 Å². The van der Waals surface area contributed by atoms with Crippen molar-refractivity contribution in [2.45, 2.75) is 34.2 Å². The Balaban J connectivity index is 2.41. The van der Waals surface area contributed by atoms with Crippen molar-refractivity contribution in [3.05, 3.63) is 46.9 Å². The molecule has 19 heavy (non-hydrogen) atoms. The van der Waals surface area contributed by atoms with Crippen LogP contribution in [-0.4, -0.2) is 16.5 Å². The van der Waals surface area contributed by atoms with Gasteiger partial charge in [0.15, 0.2) is 0 Å². The van der Waals surface area contributed by atoms with Crippen molar-refractivity contribution in [3.8, 4) is 11.3 Å². The quantitative estimate of drug-likeness (QED) is 0.911. The molecule has 3 heteroatoms. The summed E-state index contributed by atoms with van der Waals surface area (Å²) in [5.74, 6) is 0.858. The van der Waals surface area contributed by atoms with Gasteiger partial charge in [-0.05, 0) is 38.9 Å². The molecule has 0 unspecified atom stereocenters. The van der Waals surface area contributed by atoms with E-state index in [9.17, 15) is 0 Å². The zero-order chi connectivity index (χ0) is 13.8. The van der Waals surface area contributed by atoms with E-state index in [4.69, 9.17) is 0 Å². The number of nitrogens with zero attached hydrogens (tertiary/aromatic N) is 2. The molecule has 0 radical (unpaired) electrons. The Bertz CT molecular complexity index is 576. The van der Waals surface area contributed by atoms with Gasteiger partial charge in [-0.1, -0.05) is 30.7 Å². The smallest absolute Gasteiger partial charge is 0.143 e. The van der Waals surface area contributed by atoms with Gasteiger partial charge in [-0.3, -0.25) is 0 Å². The highest BCUT2D eigenvalue weighted by atomic mass is 15.0. The van der Waals surface area contributed by atoms with Crippen molar-refractivity contribution in [2.24, 2.45) is 0 Å². The predicted octanol–water partition coefficient (Wildman–Crippen LogP) is 3.18. The Hall–Kier alpha value is -1.74. The van der Waals surface area contributed by atoms with Gasteiger partial charge in [0.1, 0.15) is 5.82 Å². The van der Waals surface area contributed by atoms with E-state index >= 15 is 0 Å². The van der Waals surface area contributed by atoms with Crippen molar-refractivity contribution in [1.29, 1.82) is 0 Å². The first kappa shape index (κ1) is 13.7. The summed E-state index contributed by atoms with van der Waals surface area (Å²) < 4.78 is 0. The summed E-state index contributed by atoms with van der Waals surface area (Å²) in [5.41, 5.74) is 5.75. The number of hydrogen-bond donors (Lipinski definition) is 1. The van der Waals surface area contributed by atoms with Gasteiger partial charge in [0, 0.05) is 11.3 Å². The minimum atomic E-state index is 0.718. The van der Waals surface area contributed by atoms with Crippen LogP contribution < -0.4 is 5.32 Å². The first-order valence-electron chi connectivity index (χ1n) is 6.73. The first-order chi connectivity index (χ1) is 9.10. The third kappa shape index (κ3) is 3.38. The molecule has 0 aliphatic carbocycles. The molecule has 100 valence electrons. The van der Waals surface area contributed by atoms with E-state index in [1.165, 1.54) is 16.7 Å². The van der Waals surface area contributed by atoms with Crippen LogP contribution in [0.4, 0.5) is 0 Å². The Morgan fingerprint density at radius 1 is 1.05 bits per heavy atom. The molecule has 0 aliphatic heterocycles. The highest BCUT2D eigenvalue weighted by Gasteiger charge is 2.07. The van der Waals surface area contributed by atoms with E-state index in [1.807, 2.05) is 13.0 Å². The number of rotatable bonds is 4. The molecular weight excluding hydrogens is 234 g/mol. The summed E-state index contributed by atoms with van der Waals surface area (Å²) in [4.78, 5) is 9.13.